The molecule has 0 unspecified atom stereocenters. The number of esters is 1. The molecule has 0 aliphatic carbocycles. The second kappa shape index (κ2) is 7.41. The standard InChI is InChI=1S/C16H25NO3/c1-5-20-15(19)11-17(16(2,3)4)10-13-6-8-14(12-18)9-7-13/h6-9,18H,5,10-12H2,1-4H3. The highest BCUT2D eigenvalue weighted by Gasteiger charge is 2.24. The highest BCUT2D eigenvalue weighted by Crippen LogP contribution is 2.17. The lowest BCUT2D eigenvalue weighted by molar-refractivity contribution is -0.146. The third-order valence-corrected chi connectivity index (χ3v) is 3.15. The van der Waals surface area contributed by atoms with E-state index in [-0.39, 0.29) is 24.7 Å². The number of benzene rings is 1. The number of carbonyl (C=O) groups excluding carboxylic acids is 1. The van der Waals surface area contributed by atoms with Gasteiger partial charge in [-0.15, -0.1) is 0 Å². The predicted molar refractivity (Wildman–Crippen MR) is 79.2 cm³/mol. The lowest BCUT2D eigenvalue weighted by Gasteiger charge is -2.34. The van der Waals surface area contributed by atoms with Crippen molar-refractivity contribution in [3.05, 3.63) is 35.4 Å². The summed E-state index contributed by atoms with van der Waals surface area (Å²) in [6.07, 6.45) is 0. The Morgan fingerprint density at radius 3 is 2.20 bits per heavy atom. The summed E-state index contributed by atoms with van der Waals surface area (Å²) in [7, 11) is 0. The molecule has 4 heteroatoms. The van der Waals surface area contributed by atoms with Gasteiger partial charge in [-0.2, -0.15) is 0 Å². The second-order valence-corrected chi connectivity index (χ2v) is 5.81. The predicted octanol–water partition coefficient (Wildman–Crippen LogP) is 2.34. The Balaban J connectivity index is 2.76. The summed E-state index contributed by atoms with van der Waals surface area (Å²) in [5.41, 5.74) is 1.88. The molecule has 0 saturated heterocycles. The number of rotatable bonds is 6. The Bertz CT molecular complexity index is 420. The Morgan fingerprint density at radius 1 is 1.20 bits per heavy atom. The molecule has 1 aromatic rings. The van der Waals surface area contributed by atoms with Gasteiger partial charge in [-0.3, -0.25) is 9.69 Å². The molecule has 0 bridgehead atoms. The van der Waals surface area contributed by atoms with E-state index in [9.17, 15) is 4.79 Å². The molecule has 0 amide bonds. The third-order valence-electron chi connectivity index (χ3n) is 3.15. The first-order valence-electron chi connectivity index (χ1n) is 6.96. The van der Waals surface area contributed by atoms with E-state index in [4.69, 9.17) is 9.84 Å². The van der Waals surface area contributed by atoms with Gasteiger partial charge in [0.2, 0.25) is 0 Å². The Morgan fingerprint density at radius 2 is 1.75 bits per heavy atom. The van der Waals surface area contributed by atoms with Gasteiger partial charge in [-0.05, 0) is 38.8 Å². The van der Waals surface area contributed by atoms with Crippen molar-refractivity contribution in [3.8, 4) is 0 Å². The normalized spacial score (nSPS) is 11.7. The summed E-state index contributed by atoms with van der Waals surface area (Å²) in [6.45, 7) is 9.45. The van der Waals surface area contributed by atoms with Crippen molar-refractivity contribution >= 4 is 5.97 Å². The van der Waals surface area contributed by atoms with Gasteiger partial charge in [0.05, 0.1) is 19.8 Å². The SMILES string of the molecule is CCOC(=O)CN(Cc1ccc(CO)cc1)C(C)(C)C. The summed E-state index contributed by atoms with van der Waals surface area (Å²) >= 11 is 0. The van der Waals surface area contributed by atoms with E-state index in [1.165, 1.54) is 0 Å². The zero-order chi connectivity index (χ0) is 15.2. The van der Waals surface area contributed by atoms with E-state index >= 15 is 0 Å². The number of aliphatic hydroxyl groups is 1. The smallest absolute Gasteiger partial charge is 0.320 e. The Kier molecular flexibility index (Phi) is 6.17. The lowest BCUT2D eigenvalue weighted by atomic mass is 10.0. The highest BCUT2D eigenvalue weighted by atomic mass is 16.5. The van der Waals surface area contributed by atoms with Crippen molar-refractivity contribution in [1.29, 1.82) is 0 Å². The average Bonchev–Trinajstić information content (AvgIpc) is 2.38. The van der Waals surface area contributed by atoms with Crippen LogP contribution in [0.4, 0.5) is 0 Å². The molecule has 0 atom stereocenters. The number of aliphatic hydroxyl groups excluding tert-OH is 1. The summed E-state index contributed by atoms with van der Waals surface area (Å²) in [6, 6.07) is 7.77. The molecule has 0 aliphatic heterocycles. The fraction of sp³-hybridized carbons (Fsp3) is 0.562. The van der Waals surface area contributed by atoms with E-state index in [2.05, 4.69) is 25.7 Å². The number of ether oxygens (including phenoxy) is 1. The van der Waals surface area contributed by atoms with Crippen molar-refractivity contribution in [1.82, 2.24) is 4.90 Å². The molecule has 0 heterocycles. The quantitative estimate of drug-likeness (QED) is 0.812. The maximum absolute atomic E-state index is 11.7. The molecule has 0 radical (unpaired) electrons. The third kappa shape index (κ3) is 5.31. The molecule has 0 fully saturated rings. The first-order chi connectivity index (χ1) is 9.36. The molecule has 0 aromatic heterocycles. The summed E-state index contributed by atoms with van der Waals surface area (Å²) in [5.74, 6) is -0.200. The minimum Gasteiger partial charge on any atom is -0.465 e. The van der Waals surface area contributed by atoms with E-state index in [1.54, 1.807) is 0 Å². The van der Waals surface area contributed by atoms with Crippen LogP contribution >= 0.6 is 0 Å². The minimum absolute atomic E-state index is 0.0477. The van der Waals surface area contributed by atoms with Crippen LogP contribution in [0.1, 0.15) is 38.8 Å². The molecule has 0 spiro atoms. The molecule has 112 valence electrons. The minimum atomic E-state index is -0.200. The molecule has 1 aromatic carbocycles. The summed E-state index contributed by atoms with van der Waals surface area (Å²) in [4.78, 5) is 13.8. The van der Waals surface area contributed by atoms with Crippen molar-refractivity contribution in [2.75, 3.05) is 13.2 Å². The first kappa shape index (κ1) is 16.7. The van der Waals surface area contributed by atoms with Gasteiger partial charge in [0.1, 0.15) is 0 Å². The van der Waals surface area contributed by atoms with Gasteiger partial charge in [0, 0.05) is 12.1 Å². The molecule has 4 nitrogen and oxygen atoms in total. The zero-order valence-corrected chi connectivity index (χ0v) is 12.8. The van der Waals surface area contributed by atoms with Crippen LogP contribution < -0.4 is 0 Å². The van der Waals surface area contributed by atoms with Crippen LogP contribution in [0.2, 0.25) is 0 Å². The molecule has 20 heavy (non-hydrogen) atoms. The number of carbonyl (C=O) groups is 1. The van der Waals surface area contributed by atoms with Crippen LogP contribution in [0, 0.1) is 0 Å². The van der Waals surface area contributed by atoms with E-state index in [0.29, 0.717) is 13.2 Å². The summed E-state index contributed by atoms with van der Waals surface area (Å²) in [5, 5.41) is 9.05. The van der Waals surface area contributed by atoms with Crippen LogP contribution in [0.5, 0.6) is 0 Å². The van der Waals surface area contributed by atoms with E-state index < -0.39 is 0 Å². The number of hydrogen-bond donors (Lipinski definition) is 1. The van der Waals surface area contributed by atoms with Gasteiger partial charge < -0.3 is 9.84 Å². The van der Waals surface area contributed by atoms with Gasteiger partial charge in [0.25, 0.3) is 0 Å². The Labute approximate surface area is 121 Å². The average molecular weight is 279 g/mol. The molecule has 1 N–H and O–H groups in total. The topological polar surface area (TPSA) is 49.8 Å². The summed E-state index contributed by atoms with van der Waals surface area (Å²) < 4.78 is 5.03. The molecule has 1 rings (SSSR count). The van der Waals surface area contributed by atoms with Gasteiger partial charge >= 0.3 is 5.97 Å². The van der Waals surface area contributed by atoms with E-state index in [0.717, 1.165) is 11.1 Å². The van der Waals surface area contributed by atoms with Gasteiger partial charge in [0.15, 0.2) is 0 Å². The maximum Gasteiger partial charge on any atom is 0.320 e. The second-order valence-electron chi connectivity index (χ2n) is 5.81. The van der Waals surface area contributed by atoms with Crippen molar-refractivity contribution in [3.63, 3.8) is 0 Å². The van der Waals surface area contributed by atoms with Crippen LogP contribution in [-0.4, -0.2) is 34.7 Å². The zero-order valence-electron chi connectivity index (χ0n) is 12.8. The maximum atomic E-state index is 11.7. The van der Waals surface area contributed by atoms with E-state index in [1.807, 2.05) is 31.2 Å². The van der Waals surface area contributed by atoms with Crippen LogP contribution in [0.15, 0.2) is 24.3 Å². The van der Waals surface area contributed by atoms with Gasteiger partial charge in [-0.1, -0.05) is 24.3 Å². The molecule has 0 saturated carbocycles. The molecular formula is C16H25NO3. The Hall–Kier alpha value is -1.39. The van der Waals surface area contributed by atoms with Crippen molar-refractivity contribution < 1.29 is 14.6 Å². The van der Waals surface area contributed by atoms with Crippen LogP contribution in [0.3, 0.4) is 0 Å². The fourth-order valence-corrected chi connectivity index (χ4v) is 1.86. The van der Waals surface area contributed by atoms with Crippen molar-refractivity contribution in [2.45, 2.75) is 46.4 Å². The lowest BCUT2D eigenvalue weighted by Crippen LogP contribution is -2.44. The number of nitrogens with zero attached hydrogens (tertiary/aromatic N) is 1. The van der Waals surface area contributed by atoms with Crippen molar-refractivity contribution in [2.24, 2.45) is 0 Å². The van der Waals surface area contributed by atoms with Crippen LogP contribution in [-0.2, 0) is 22.7 Å². The number of hydrogen-bond acceptors (Lipinski definition) is 4. The monoisotopic (exact) mass is 279 g/mol. The largest absolute Gasteiger partial charge is 0.465 e. The van der Waals surface area contributed by atoms with Crippen LogP contribution in [0.25, 0.3) is 0 Å². The van der Waals surface area contributed by atoms with Gasteiger partial charge in [-0.25, -0.2) is 0 Å². The molecular weight excluding hydrogens is 254 g/mol. The fourth-order valence-electron chi connectivity index (χ4n) is 1.86. The molecule has 0 aliphatic rings. The first-order valence-corrected chi connectivity index (χ1v) is 6.96. The highest BCUT2D eigenvalue weighted by molar-refractivity contribution is 5.71.